The molecule has 0 spiro atoms. The van der Waals surface area contributed by atoms with Gasteiger partial charge in [0.05, 0.1) is 47.7 Å². The molecule has 5 aromatic heterocycles. The lowest BCUT2D eigenvalue weighted by atomic mass is 9.79. The first-order valence-corrected chi connectivity index (χ1v) is 36.6. The van der Waals surface area contributed by atoms with Crippen molar-refractivity contribution in [3.05, 3.63) is 45.4 Å². The first kappa shape index (κ1) is 85.0. The Bertz CT molecular complexity index is 3650. The third-order valence-electron chi connectivity index (χ3n) is 14.9. The molecule has 31 nitrogen and oxygen atoms in total. The van der Waals surface area contributed by atoms with Crippen LogP contribution in [0, 0.1) is 0 Å². The summed E-state index contributed by atoms with van der Waals surface area (Å²) < 4.78 is 124. The molecular weight excluding hydrogens is 1520 g/mol. The maximum absolute atomic E-state index is 14.0. The maximum atomic E-state index is 14.0. The number of nitrogens with two attached hydrogens (primary N) is 1. The van der Waals surface area contributed by atoms with Gasteiger partial charge in [-0.3, -0.25) is 0 Å². The van der Waals surface area contributed by atoms with Crippen LogP contribution in [0.1, 0.15) is 147 Å². The zero-order valence-corrected chi connectivity index (χ0v) is 65.2. The van der Waals surface area contributed by atoms with Gasteiger partial charge in [-0.25, -0.2) is 75.4 Å². The Kier molecular flexibility index (Phi) is 29.2. The number of aromatic nitrogens is 12. The number of nitrogens with zero attached hydrogens (tertiary/aromatic N) is 18. The number of hydrogen-bond donors (Lipinski definition) is 1. The van der Waals surface area contributed by atoms with Crippen LogP contribution in [-0.2, 0) is 37.7 Å². The minimum absolute atomic E-state index is 0.0559. The molecule has 0 atom stereocenters. The molecule has 0 aliphatic carbocycles. The highest BCUT2D eigenvalue weighted by molar-refractivity contribution is 9.10. The van der Waals surface area contributed by atoms with E-state index >= 15 is 0 Å². The zero-order chi connectivity index (χ0) is 77.7. The number of carbonyl (C=O) groups excluding carboxylic acids is 4. The van der Waals surface area contributed by atoms with E-state index in [1.54, 1.807) is 111 Å². The zero-order valence-electron chi connectivity index (χ0n) is 61.2. The number of rotatable bonds is 11. The number of hydrogen-bond acceptors (Lipinski definition) is 31. The molecule has 0 saturated carbocycles. The normalized spacial score (nSPS) is 17.0. The predicted octanol–water partition coefficient (Wildman–Crippen LogP) is 11.4. The SMILES string of the molecule is CC(C)(C)OC(=O)N(C(=O)OC(C)(C)C)c1ncc(B2OC(C)(C)C(C)(C)O2)c(C(F)F)n1.CC(C)(C)OC(=O)N(C(=O)OC(C)(C)C)c1ncc(Br)c(C(F)F)n1.Clc1nc(N2CCOCC2)nc(N2CCSCC2)n1.Nc1ncc(-c2nc(N3CCOCC3)nc(N3CCSCC3)n2)c(C(F)F)n1. The van der Waals surface area contributed by atoms with Gasteiger partial charge in [0.1, 0.15) is 39.5 Å². The van der Waals surface area contributed by atoms with Crippen LogP contribution in [0.15, 0.2) is 23.1 Å². The van der Waals surface area contributed by atoms with E-state index < -0.39 is 113 Å². The Morgan fingerprint density at radius 1 is 0.505 bits per heavy atom. The Labute approximate surface area is 626 Å². The van der Waals surface area contributed by atoms with Crippen molar-refractivity contribution >= 4 is 130 Å². The van der Waals surface area contributed by atoms with E-state index in [1.807, 2.05) is 33.3 Å². The molecule has 0 unspecified atom stereocenters. The highest BCUT2D eigenvalue weighted by atomic mass is 79.9. The number of ether oxygens (including phenoxy) is 6. The fourth-order valence-corrected chi connectivity index (χ4v) is 11.7. The molecule has 5 aliphatic rings. The Morgan fingerprint density at radius 3 is 1.21 bits per heavy atom. The van der Waals surface area contributed by atoms with Gasteiger partial charge in [-0.15, -0.1) is 9.80 Å². The molecule has 105 heavy (non-hydrogen) atoms. The molecule has 42 heteroatoms. The molecule has 5 saturated heterocycles. The summed E-state index contributed by atoms with van der Waals surface area (Å²) in [5.41, 5.74) is -1.83. The van der Waals surface area contributed by atoms with Crippen molar-refractivity contribution in [3.63, 3.8) is 0 Å². The van der Waals surface area contributed by atoms with Gasteiger partial charge in [0, 0.05) is 99.4 Å². The Morgan fingerprint density at radius 2 is 0.848 bits per heavy atom. The van der Waals surface area contributed by atoms with E-state index in [4.69, 9.17) is 55.1 Å². The molecule has 5 aliphatic heterocycles. The molecule has 0 aromatic carbocycles. The van der Waals surface area contributed by atoms with Crippen molar-refractivity contribution in [2.45, 2.75) is 164 Å². The van der Waals surface area contributed by atoms with Crippen molar-refractivity contribution in [3.8, 4) is 11.4 Å². The fourth-order valence-electron chi connectivity index (χ4n) is 9.34. The van der Waals surface area contributed by atoms with Crippen molar-refractivity contribution in [1.29, 1.82) is 0 Å². The highest BCUT2D eigenvalue weighted by Gasteiger charge is 2.53. The summed E-state index contributed by atoms with van der Waals surface area (Å²) in [5.74, 6) is 5.14. The van der Waals surface area contributed by atoms with Crippen LogP contribution >= 0.6 is 51.1 Å². The van der Waals surface area contributed by atoms with E-state index in [2.05, 4.69) is 85.5 Å². The van der Waals surface area contributed by atoms with Gasteiger partial charge in [0.15, 0.2) is 5.82 Å². The summed E-state index contributed by atoms with van der Waals surface area (Å²) in [4.78, 5) is 109. The van der Waals surface area contributed by atoms with Crippen LogP contribution in [0.25, 0.3) is 11.4 Å². The number of nitrogen functional groups attached to an aromatic ring is 1. The number of halogens is 8. The van der Waals surface area contributed by atoms with Crippen LogP contribution in [0.4, 0.5) is 87.2 Å². The molecule has 2 N–H and O–H groups in total. The molecule has 10 rings (SSSR count). The number of amides is 4. The summed E-state index contributed by atoms with van der Waals surface area (Å²) in [6.07, 6.45) is -10.1. The van der Waals surface area contributed by atoms with E-state index in [0.717, 1.165) is 74.7 Å². The van der Waals surface area contributed by atoms with Gasteiger partial charge < -0.3 is 63.1 Å². The Hall–Kier alpha value is -7.31. The maximum Gasteiger partial charge on any atom is 0.498 e. The summed E-state index contributed by atoms with van der Waals surface area (Å²) >= 11 is 12.8. The first-order valence-electron chi connectivity index (χ1n) is 33.1. The van der Waals surface area contributed by atoms with Crippen LogP contribution < -0.4 is 40.6 Å². The number of alkyl halides is 6. The van der Waals surface area contributed by atoms with Crippen molar-refractivity contribution in [2.75, 3.05) is 137 Å². The average Bonchev–Trinajstić information content (AvgIpc) is 1.63. The van der Waals surface area contributed by atoms with Crippen LogP contribution in [0.5, 0.6) is 0 Å². The molecule has 0 bridgehead atoms. The quantitative estimate of drug-likeness (QED) is 0.0729. The van der Waals surface area contributed by atoms with Crippen molar-refractivity contribution in [1.82, 2.24) is 59.8 Å². The summed E-state index contributed by atoms with van der Waals surface area (Å²) in [5, 5.41) is 0.268. The van der Waals surface area contributed by atoms with Gasteiger partial charge in [0.25, 0.3) is 19.3 Å². The molecule has 5 aromatic rings. The standard InChI is InChI=1S/C21H32BF2N3O6.C16H20F2N8OS.C15H20BrF2N3O4.C11H16ClN5OS/c1-18(2,3)30-16(28)27(17(29)31-19(4,5)6)15-25-11-12(13(26-15)14(23)24)22-32-20(7,8)21(9,10)33-22;17-12(18)11-10(9-20-14(19)21-11)13-22-15(25-1-5-27-6-2-25)24-16(23-13)26-3-7-28-8-4-26;1-14(2,3)24-12(22)21(13(23)25-15(4,5)6)11-19-7-8(16)9(20-11)10(17)18;12-9-13-10(16-1-5-18-6-2-16)15-11(14-9)17-3-7-19-8-4-17/h11,14H,1-10H3;9,12H,1-8H2,(H2,19,20,21);7,10H,1-6H3;1-8H2. The second-order valence-electron chi connectivity index (χ2n) is 28.4. The van der Waals surface area contributed by atoms with Crippen molar-refractivity contribution in [2.24, 2.45) is 0 Å². The van der Waals surface area contributed by atoms with Gasteiger partial charge in [-0.05, 0) is 138 Å². The van der Waals surface area contributed by atoms with E-state index in [1.165, 1.54) is 6.20 Å². The average molecular weight is 1610 g/mol. The minimum atomic E-state index is -3.07. The van der Waals surface area contributed by atoms with Gasteiger partial charge in [-0.2, -0.15) is 53.4 Å². The monoisotopic (exact) mass is 1610 g/mol. The predicted molar refractivity (Wildman–Crippen MR) is 387 cm³/mol. The lowest BCUT2D eigenvalue weighted by Crippen LogP contribution is -2.45. The molecular formula is C63H88BBrClF6N19O12S2. The third kappa shape index (κ3) is 24.9. The van der Waals surface area contributed by atoms with E-state index in [-0.39, 0.29) is 32.6 Å². The van der Waals surface area contributed by atoms with Gasteiger partial charge in [-0.1, -0.05) is 0 Å². The largest absolute Gasteiger partial charge is 0.498 e. The van der Waals surface area contributed by atoms with Crippen LogP contribution in [0.2, 0.25) is 5.28 Å². The molecule has 5 fully saturated rings. The summed E-state index contributed by atoms with van der Waals surface area (Å²) in [6.45, 7) is 35.1. The van der Waals surface area contributed by atoms with Gasteiger partial charge in [0.2, 0.25) is 46.9 Å². The number of thioether (sulfide) groups is 2. The number of anilines is 7. The lowest BCUT2D eigenvalue weighted by molar-refractivity contribution is 0.00578. The second kappa shape index (κ2) is 36.1. The minimum Gasteiger partial charge on any atom is -0.443 e. The lowest BCUT2D eigenvalue weighted by Gasteiger charge is -2.32. The molecule has 578 valence electrons. The molecule has 4 amide bonds. The highest BCUT2D eigenvalue weighted by Crippen LogP contribution is 2.38. The topological polar surface area (TPSA) is 342 Å². The third-order valence-corrected chi connectivity index (χ3v) is 17.5. The first-order chi connectivity index (χ1) is 48.9. The summed E-state index contributed by atoms with van der Waals surface area (Å²) in [6, 6.07) is 0. The number of carbonyl (C=O) groups is 4. The summed E-state index contributed by atoms with van der Waals surface area (Å²) in [7, 11) is -1.16. The van der Waals surface area contributed by atoms with Gasteiger partial charge >= 0.3 is 31.5 Å². The fraction of sp³-hybridized carbons (Fsp3) is 0.651. The number of imide groups is 2. The number of morpholine rings is 2. The van der Waals surface area contributed by atoms with Crippen LogP contribution in [-0.4, -0.2) is 227 Å². The smallest absolute Gasteiger partial charge is 0.443 e. The molecule has 0 radical (unpaired) electrons. The van der Waals surface area contributed by atoms with Crippen molar-refractivity contribution < 1.29 is 83.3 Å². The van der Waals surface area contributed by atoms with E-state index in [9.17, 15) is 45.5 Å². The van der Waals surface area contributed by atoms with Crippen LogP contribution in [0.3, 0.4) is 0 Å². The van der Waals surface area contributed by atoms with E-state index in [0.29, 0.717) is 73.1 Å². The molecule has 10 heterocycles. The second-order valence-corrected chi connectivity index (χ2v) is 32.0. The Balaban J connectivity index is 0.000000199.